The highest BCUT2D eigenvalue weighted by Crippen LogP contribution is 2.25. The maximum atomic E-state index is 11.8. The first-order chi connectivity index (χ1) is 9.38. The zero-order chi connectivity index (χ0) is 14.8. The molecule has 5 nitrogen and oxygen atoms in total. The Balaban J connectivity index is 2.13. The molecule has 0 amide bonds. The van der Waals surface area contributed by atoms with Gasteiger partial charge in [0.15, 0.2) is 0 Å². The fourth-order valence-corrected chi connectivity index (χ4v) is 2.81. The Hall–Kier alpha value is -1.27. The Morgan fingerprint density at radius 2 is 2.20 bits per heavy atom. The fourth-order valence-electron chi connectivity index (χ4n) is 1.78. The van der Waals surface area contributed by atoms with Crippen molar-refractivity contribution in [2.45, 2.75) is 25.5 Å². The van der Waals surface area contributed by atoms with Gasteiger partial charge in [-0.25, -0.2) is 8.42 Å². The average molecular weight is 316 g/mol. The first kappa shape index (κ1) is 15.1. The molecule has 1 aromatic rings. The number of benzene rings is 1. The molecule has 0 fully saturated rings. The van der Waals surface area contributed by atoms with Crippen LogP contribution in [0.3, 0.4) is 0 Å². The number of hydrogen-bond donors (Lipinski definition) is 2. The molecule has 0 unspecified atom stereocenters. The molecule has 1 aromatic carbocycles. The lowest BCUT2D eigenvalue weighted by atomic mass is 10.1. The largest absolute Gasteiger partial charge is 0.372 e. The van der Waals surface area contributed by atoms with Crippen molar-refractivity contribution in [1.82, 2.24) is 5.32 Å². The molecule has 2 N–H and O–H groups in total. The zero-order valence-electron chi connectivity index (χ0n) is 11.5. The van der Waals surface area contributed by atoms with Crippen molar-refractivity contribution >= 4 is 33.1 Å². The predicted molar refractivity (Wildman–Crippen MR) is 83.1 cm³/mol. The number of hydrogen-bond acceptors (Lipinski definition) is 4. The minimum Gasteiger partial charge on any atom is -0.372 e. The lowest BCUT2D eigenvalue weighted by molar-refractivity contribution is 0.593. The van der Waals surface area contributed by atoms with Crippen LogP contribution in [-0.2, 0) is 16.4 Å². The van der Waals surface area contributed by atoms with Crippen molar-refractivity contribution in [3.05, 3.63) is 28.8 Å². The van der Waals surface area contributed by atoms with E-state index in [1.165, 1.54) is 0 Å². The van der Waals surface area contributed by atoms with Gasteiger partial charge in [0.25, 0.3) is 0 Å². The van der Waals surface area contributed by atoms with Crippen LogP contribution in [0, 0.1) is 0 Å². The van der Waals surface area contributed by atoms with Crippen LogP contribution in [0.15, 0.2) is 23.2 Å². The van der Waals surface area contributed by atoms with Gasteiger partial charge >= 0.3 is 0 Å². The quantitative estimate of drug-likeness (QED) is 0.873. The molecule has 0 saturated heterocycles. The van der Waals surface area contributed by atoms with Gasteiger partial charge in [0.05, 0.1) is 22.5 Å². The van der Waals surface area contributed by atoms with Crippen LogP contribution in [0.4, 0.5) is 5.69 Å². The molecular formula is C13H18ClN3O2S. The van der Waals surface area contributed by atoms with Gasteiger partial charge in [-0.3, -0.25) is 9.71 Å². The maximum absolute atomic E-state index is 11.8. The minimum absolute atomic E-state index is 0.394. The first-order valence-electron chi connectivity index (χ1n) is 6.46. The highest BCUT2D eigenvalue weighted by Gasteiger charge is 2.17. The van der Waals surface area contributed by atoms with Crippen LogP contribution in [0.1, 0.15) is 19.4 Å². The first-order valence-corrected chi connectivity index (χ1v) is 8.38. The summed E-state index contributed by atoms with van der Waals surface area (Å²) in [5, 5.41) is 3.08. The smallest absolute Gasteiger partial charge is 0.235 e. The molecule has 2 rings (SSSR count). The van der Waals surface area contributed by atoms with E-state index in [1.807, 2.05) is 6.07 Å². The van der Waals surface area contributed by atoms with Gasteiger partial charge in [-0.1, -0.05) is 17.7 Å². The third-order valence-corrected chi connectivity index (χ3v) is 5.08. The summed E-state index contributed by atoms with van der Waals surface area (Å²) in [5.74, 6) is 0.941. The van der Waals surface area contributed by atoms with E-state index in [4.69, 9.17) is 11.6 Å². The normalized spacial score (nSPS) is 15.1. The topological polar surface area (TPSA) is 70.6 Å². The monoisotopic (exact) mass is 315 g/mol. The number of sulfonamides is 1. The molecule has 0 bridgehead atoms. The summed E-state index contributed by atoms with van der Waals surface area (Å²) in [4.78, 5) is 4.32. The number of amidine groups is 1. The number of aliphatic imine (C=N–C) groups is 1. The zero-order valence-corrected chi connectivity index (χ0v) is 13.1. The van der Waals surface area contributed by atoms with Crippen LogP contribution in [0.25, 0.3) is 0 Å². The van der Waals surface area contributed by atoms with E-state index >= 15 is 0 Å². The lowest BCUT2D eigenvalue weighted by Gasteiger charge is -2.13. The van der Waals surface area contributed by atoms with E-state index < -0.39 is 15.3 Å². The van der Waals surface area contributed by atoms with Crippen LogP contribution in [0.5, 0.6) is 0 Å². The van der Waals surface area contributed by atoms with Crippen molar-refractivity contribution in [2.24, 2.45) is 4.99 Å². The molecule has 0 aliphatic carbocycles. The van der Waals surface area contributed by atoms with Gasteiger partial charge in [0.2, 0.25) is 10.0 Å². The highest BCUT2D eigenvalue weighted by molar-refractivity contribution is 7.93. The molecule has 7 heteroatoms. The van der Waals surface area contributed by atoms with Gasteiger partial charge in [0.1, 0.15) is 5.84 Å². The van der Waals surface area contributed by atoms with Crippen LogP contribution in [-0.4, -0.2) is 32.6 Å². The number of anilines is 1. The molecule has 1 heterocycles. The summed E-state index contributed by atoms with van der Waals surface area (Å²) in [5.41, 5.74) is 1.40. The molecular weight excluding hydrogens is 298 g/mol. The fraction of sp³-hybridized carbons (Fsp3) is 0.462. The Kier molecular flexibility index (Phi) is 4.55. The van der Waals surface area contributed by atoms with Gasteiger partial charge in [-0.15, -0.1) is 0 Å². The molecule has 0 radical (unpaired) electrons. The van der Waals surface area contributed by atoms with Gasteiger partial charge in [-0.2, -0.15) is 0 Å². The Morgan fingerprint density at radius 3 is 2.75 bits per heavy atom. The molecule has 0 atom stereocenters. The summed E-state index contributed by atoms with van der Waals surface area (Å²) in [6.45, 7) is 4.91. The van der Waals surface area contributed by atoms with Gasteiger partial charge in [0, 0.05) is 13.0 Å². The van der Waals surface area contributed by atoms with Crippen molar-refractivity contribution in [2.75, 3.05) is 17.8 Å². The molecule has 20 heavy (non-hydrogen) atoms. The Bertz CT molecular complexity index is 627. The van der Waals surface area contributed by atoms with E-state index in [0.717, 1.165) is 24.5 Å². The summed E-state index contributed by atoms with van der Waals surface area (Å²) in [6, 6.07) is 5.31. The summed E-state index contributed by atoms with van der Waals surface area (Å²) in [6.07, 6.45) is 0.678. The van der Waals surface area contributed by atoms with Crippen molar-refractivity contribution < 1.29 is 8.42 Å². The van der Waals surface area contributed by atoms with Crippen molar-refractivity contribution in [3.8, 4) is 0 Å². The predicted octanol–water partition coefficient (Wildman–Crippen LogP) is 2.03. The van der Waals surface area contributed by atoms with E-state index in [2.05, 4.69) is 15.0 Å². The van der Waals surface area contributed by atoms with Gasteiger partial charge < -0.3 is 5.32 Å². The molecule has 0 saturated carbocycles. The van der Waals surface area contributed by atoms with E-state index in [-0.39, 0.29) is 0 Å². The SMILES string of the molecule is CC(C)S(=O)(=O)Nc1ccc(CC2=NCCN2)cc1Cl. The van der Waals surface area contributed by atoms with E-state index in [9.17, 15) is 8.42 Å². The van der Waals surface area contributed by atoms with Crippen molar-refractivity contribution in [1.29, 1.82) is 0 Å². The molecule has 110 valence electrons. The minimum atomic E-state index is -3.38. The summed E-state index contributed by atoms with van der Waals surface area (Å²) < 4.78 is 26.1. The second-order valence-electron chi connectivity index (χ2n) is 4.94. The second-order valence-corrected chi connectivity index (χ2v) is 7.59. The standard InChI is InChI=1S/C13H18ClN3O2S/c1-9(2)20(18,19)17-12-4-3-10(7-11(12)14)8-13-15-5-6-16-13/h3-4,7,9,17H,5-6,8H2,1-2H3,(H,15,16). The molecule has 0 spiro atoms. The molecule has 1 aliphatic heterocycles. The van der Waals surface area contributed by atoms with Crippen LogP contribution >= 0.6 is 11.6 Å². The Labute approximate surface area is 124 Å². The third kappa shape index (κ3) is 3.64. The van der Waals surface area contributed by atoms with Crippen LogP contribution < -0.4 is 10.0 Å². The molecule has 1 aliphatic rings. The summed E-state index contributed by atoms with van der Waals surface area (Å²) >= 11 is 6.14. The van der Waals surface area contributed by atoms with Gasteiger partial charge in [-0.05, 0) is 31.5 Å². The van der Waals surface area contributed by atoms with E-state index in [1.54, 1.807) is 26.0 Å². The highest BCUT2D eigenvalue weighted by atomic mass is 35.5. The summed E-state index contributed by atoms with van der Waals surface area (Å²) in [7, 11) is -3.38. The number of rotatable bonds is 5. The van der Waals surface area contributed by atoms with Crippen molar-refractivity contribution in [3.63, 3.8) is 0 Å². The average Bonchev–Trinajstić information content (AvgIpc) is 2.85. The maximum Gasteiger partial charge on any atom is 0.235 e. The number of nitrogens with zero attached hydrogens (tertiary/aromatic N) is 1. The van der Waals surface area contributed by atoms with Crippen LogP contribution in [0.2, 0.25) is 5.02 Å². The lowest BCUT2D eigenvalue weighted by Crippen LogP contribution is -2.23. The number of halogens is 1. The third-order valence-electron chi connectivity index (χ3n) is 3.02. The second kappa shape index (κ2) is 6.01. The van der Waals surface area contributed by atoms with E-state index in [0.29, 0.717) is 17.1 Å². The molecule has 0 aromatic heterocycles. The Morgan fingerprint density at radius 1 is 1.45 bits per heavy atom. The number of nitrogens with one attached hydrogen (secondary N) is 2.